The van der Waals surface area contributed by atoms with Crippen LogP contribution < -0.4 is 10.5 Å². The van der Waals surface area contributed by atoms with Crippen LogP contribution >= 0.6 is 0 Å². The number of rotatable bonds is 4. The Morgan fingerprint density at radius 1 is 1.29 bits per heavy atom. The molecule has 0 saturated carbocycles. The number of ether oxygens (including phenoxy) is 1. The van der Waals surface area contributed by atoms with Gasteiger partial charge in [-0.3, -0.25) is 9.89 Å². The fourth-order valence-corrected chi connectivity index (χ4v) is 3.67. The first-order chi connectivity index (χ1) is 13.5. The van der Waals surface area contributed by atoms with E-state index in [4.69, 9.17) is 10.00 Å². The molecule has 8 nitrogen and oxygen atoms in total. The molecule has 0 aliphatic carbocycles. The van der Waals surface area contributed by atoms with Gasteiger partial charge in [-0.05, 0) is 44.4 Å². The highest BCUT2D eigenvalue weighted by molar-refractivity contribution is 5.52. The largest absolute Gasteiger partial charge is 0.373 e. The molecule has 0 radical (unpaired) electrons. The zero-order valence-electron chi connectivity index (χ0n) is 16.0. The van der Waals surface area contributed by atoms with Gasteiger partial charge in [0.15, 0.2) is 0 Å². The number of H-pyrrole nitrogens is 1. The number of hydrogen-bond donors (Lipinski definition) is 1. The summed E-state index contributed by atoms with van der Waals surface area (Å²) in [5.74, 6) is 1.07. The number of anilines is 1. The Morgan fingerprint density at radius 3 is 2.82 bits per heavy atom. The van der Waals surface area contributed by atoms with Crippen LogP contribution in [0.4, 0.5) is 5.69 Å². The third-order valence-corrected chi connectivity index (χ3v) is 5.06. The van der Waals surface area contributed by atoms with Crippen molar-refractivity contribution in [3.63, 3.8) is 0 Å². The lowest BCUT2D eigenvalue weighted by Gasteiger charge is -2.33. The van der Waals surface area contributed by atoms with E-state index in [-0.39, 0.29) is 11.7 Å². The van der Waals surface area contributed by atoms with E-state index in [0.29, 0.717) is 35.2 Å². The van der Waals surface area contributed by atoms with Gasteiger partial charge in [-0.15, -0.1) is 0 Å². The predicted octanol–water partition coefficient (Wildman–Crippen LogP) is 2.09. The van der Waals surface area contributed by atoms with Gasteiger partial charge in [-0.25, -0.2) is 4.98 Å². The standard InChI is InChI=1S/C20H22N6O2/c1-13-18(19(27)26-20(22-13)23-14(2)24-26)25-8-6-17(7-9-25)28-12-16-5-3-4-15(10-16)11-21/h3-5,10,17H,6-9,12H2,1-2H3,(H,22,23,24). The molecule has 2 aromatic heterocycles. The zero-order chi connectivity index (χ0) is 19.7. The van der Waals surface area contributed by atoms with Crippen LogP contribution in [0.15, 0.2) is 29.1 Å². The van der Waals surface area contributed by atoms with Gasteiger partial charge in [0.1, 0.15) is 11.5 Å². The Kier molecular flexibility index (Phi) is 4.84. The van der Waals surface area contributed by atoms with E-state index in [0.717, 1.165) is 31.5 Å². The summed E-state index contributed by atoms with van der Waals surface area (Å²) in [5, 5.41) is 11.9. The second kappa shape index (κ2) is 7.44. The van der Waals surface area contributed by atoms with E-state index < -0.39 is 0 Å². The molecule has 8 heteroatoms. The van der Waals surface area contributed by atoms with Crippen molar-refractivity contribution < 1.29 is 4.74 Å². The summed E-state index contributed by atoms with van der Waals surface area (Å²) in [6.45, 7) is 5.62. The highest BCUT2D eigenvalue weighted by Crippen LogP contribution is 2.22. The smallest absolute Gasteiger partial charge is 0.297 e. The van der Waals surface area contributed by atoms with Gasteiger partial charge in [0, 0.05) is 13.1 Å². The third kappa shape index (κ3) is 3.49. The molecule has 4 rings (SSSR count). The number of aromatic amines is 1. The normalized spacial score (nSPS) is 15.1. The lowest BCUT2D eigenvalue weighted by atomic mass is 10.1. The monoisotopic (exact) mass is 378 g/mol. The number of fused-ring (bicyclic) bond motifs is 1. The maximum absolute atomic E-state index is 12.9. The number of nitrogens with zero attached hydrogens (tertiary/aromatic N) is 5. The molecule has 1 N–H and O–H groups in total. The Balaban J connectivity index is 1.42. The summed E-state index contributed by atoms with van der Waals surface area (Å²) in [6, 6.07) is 9.62. The molecule has 1 fully saturated rings. The molecule has 1 aliphatic heterocycles. The van der Waals surface area contributed by atoms with Gasteiger partial charge >= 0.3 is 0 Å². The Bertz CT molecular complexity index is 1100. The lowest BCUT2D eigenvalue weighted by molar-refractivity contribution is 0.0251. The van der Waals surface area contributed by atoms with Gasteiger partial charge in [0.25, 0.3) is 11.3 Å². The first kappa shape index (κ1) is 18.2. The highest BCUT2D eigenvalue weighted by Gasteiger charge is 2.24. The van der Waals surface area contributed by atoms with Crippen LogP contribution in [0.2, 0.25) is 0 Å². The Labute approximate surface area is 162 Å². The number of aromatic nitrogens is 4. The van der Waals surface area contributed by atoms with Gasteiger partial charge in [-0.1, -0.05) is 12.1 Å². The van der Waals surface area contributed by atoms with Crippen molar-refractivity contribution in [1.29, 1.82) is 5.26 Å². The summed E-state index contributed by atoms with van der Waals surface area (Å²) >= 11 is 0. The number of hydrogen-bond acceptors (Lipinski definition) is 6. The van der Waals surface area contributed by atoms with Crippen LogP contribution in [0.1, 0.15) is 35.5 Å². The predicted molar refractivity (Wildman–Crippen MR) is 104 cm³/mol. The summed E-state index contributed by atoms with van der Waals surface area (Å²) in [6.07, 6.45) is 1.81. The number of piperidine rings is 1. The number of nitriles is 1. The van der Waals surface area contributed by atoms with Crippen molar-refractivity contribution in [1.82, 2.24) is 19.6 Å². The van der Waals surface area contributed by atoms with Gasteiger partial charge in [0.2, 0.25) is 0 Å². The molecule has 0 spiro atoms. The van der Waals surface area contributed by atoms with E-state index in [1.165, 1.54) is 4.52 Å². The fourth-order valence-electron chi connectivity index (χ4n) is 3.67. The van der Waals surface area contributed by atoms with Crippen molar-refractivity contribution in [2.75, 3.05) is 18.0 Å². The molecule has 3 aromatic rings. The van der Waals surface area contributed by atoms with E-state index >= 15 is 0 Å². The van der Waals surface area contributed by atoms with Crippen LogP contribution in [0.3, 0.4) is 0 Å². The minimum atomic E-state index is -0.115. The van der Waals surface area contributed by atoms with Crippen molar-refractivity contribution in [2.45, 2.75) is 39.4 Å². The molecule has 0 bridgehead atoms. The molecule has 1 aromatic carbocycles. The van der Waals surface area contributed by atoms with E-state index in [9.17, 15) is 4.79 Å². The first-order valence-electron chi connectivity index (χ1n) is 9.36. The van der Waals surface area contributed by atoms with E-state index in [2.05, 4.69) is 26.0 Å². The second-order valence-electron chi connectivity index (χ2n) is 7.10. The maximum Gasteiger partial charge on any atom is 0.297 e. The van der Waals surface area contributed by atoms with Crippen LogP contribution in [-0.4, -0.2) is 38.8 Å². The van der Waals surface area contributed by atoms with Crippen LogP contribution in [0.25, 0.3) is 5.78 Å². The zero-order valence-corrected chi connectivity index (χ0v) is 16.0. The number of nitrogens with one attached hydrogen (secondary N) is 1. The lowest BCUT2D eigenvalue weighted by Crippen LogP contribution is -2.41. The van der Waals surface area contributed by atoms with Crippen molar-refractivity contribution in [3.8, 4) is 6.07 Å². The third-order valence-electron chi connectivity index (χ3n) is 5.06. The van der Waals surface area contributed by atoms with Gasteiger partial charge in [-0.2, -0.15) is 14.8 Å². The first-order valence-corrected chi connectivity index (χ1v) is 9.36. The molecular formula is C20H22N6O2. The topological polar surface area (TPSA) is 99.3 Å². The van der Waals surface area contributed by atoms with E-state index in [1.807, 2.05) is 25.1 Å². The van der Waals surface area contributed by atoms with Crippen molar-refractivity contribution >= 4 is 11.5 Å². The van der Waals surface area contributed by atoms with Gasteiger partial charge in [0.05, 0.1) is 30.0 Å². The molecule has 1 aliphatic rings. The molecule has 0 atom stereocenters. The summed E-state index contributed by atoms with van der Waals surface area (Å²) in [7, 11) is 0. The average molecular weight is 378 g/mol. The molecule has 0 amide bonds. The SMILES string of the molecule is Cc1nc2nc(C)c(N3CCC(OCc4cccc(C#N)c4)CC3)c(=O)n2[nH]1. The van der Waals surface area contributed by atoms with Crippen LogP contribution in [-0.2, 0) is 11.3 Å². The molecule has 3 heterocycles. The Hall–Kier alpha value is -3.18. The summed E-state index contributed by atoms with van der Waals surface area (Å²) in [5.41, 5.74) is 2.85. The maximum atomic E-state index is 12.9. The average Bonchev–Trinajstić information content (AvgIpc) is 3.08. The highest BCUT2D eigenvalue weighted by atomic mass is 16.5. The van der Waals surface area contributed by atoms with Crippen molar-refractivity contribution in [3.05, 3.63) is 57.3 Å². The molecule has 1 saturated heterocycles. The van der Waals surface area contributed by atoms with Crippen LogP contribution in [0.5, 0.6) is 0 Å². The minimum absolute atomic E-state index is 0.115. The molecule has 28 heavy (non-hydrogen) atoms. The van der Waals surface area contributed by atoms with Crippen molar-refractivity contribution in [2.24, 2.45) is 0 Å². The summed E-state index contributed by atoms with van der Waals surface area (Å²) in [4.78, 5) is 23.7. The minimum Gasteiger partial charge on any atom is -0.373 e. The Morgan fingerprint density at radius 2 is 2.07 bits per heavy atom. The van der Waals surface area contributed by atoms with Crippen LogP contribution in [0, 0.1) is 25.2 Å². The van der Waals surface area contributed by atoms with Gasteiger partial charge < -0.3 is 9.64 Å². The molecule has 144 valence electrons. The summed E-state index contributed by atoms with van der Waals surface area (Å²) < 4.78 is 7.44. The quantitative estimate of drug-likeness (QED) is 0.746. The number of benzene rings is 1. The number of aryl methyl sites for hydroxylation is 2. The second-order valence-corrected chi connectivity index (χ2v) is 7.10. The van der Waals surface area contributed by atoms with E-state index in [1.54, 1.807) is 13.0 Å². The molecular weight excluding hydrogens is 356 g/mol. The molecule has 0 unspecified atom stereocenters. The fraction of sp³-hybridized carbons (Fsp3) is 0.400.